The van der Waals surface area contributed by atoms with Gasteiger partial charge in [-0.05, 0) is 25.9 Å². The molecule has 5 nitrogen and oxygen atoms in total. The molecule has 5 heteroatoms. The van der Waals surface area contributed by atoms with Crippen molar-refractivity contribution in [1.29, 1.82) is 0 Å². The van der Waals surface area contributed by atoms with E-state index in [1.807, 2.05) is 0 Å². The van der Waals surface area contributed by atoms with E-state index in [1.54, 1.807) is 0 Å². The average molecular weight is 197 g/mol. The Balaban J connectivity index is 2.00. The van der Waals surface area contributed by atoms with Gasteiger partial charge in [-0.1, -0.05) is 5.16 Å². The molecule has 1 aromatic rings. The molecule has 0 bridgehead atoms. The maximum absolute atomic E-state index is 8.70. The van der Waals surface area contributed by atoms with Gasteiger partial charge >= 0.3 is 0 Å². The van der Waals surface area contributed by atoms with Gasteiger partial charge in [0.25, 0.3) is 0 Å². The Morgan fingerprint density at radius 1 is 1.43 bits per heavy atom. The fraction of sp³-hybridized carbons (Fsp3) is 0.778. The number of aliphatic hydroxyl groups excluding tert-OH is 1. The molecule has 1 aromatic heterocycles. The molecule has 2 heterocycles. The Hall–Kier alpha value is -0.940. The molecule has 0 amide bonds. The van der Waals surface area contributed by atoms with Gasteiger partial charge in [-0.3, -0.25) is 0 Å². The molecule has 0 atom stereocenters. The fourth-order valence-electron chi connectivity index (χ4n) is 1.71. The van der Waals surface area contributed by atoms with Gasteiger partial charge in [0.05, 0.1) is 13.0 Å². The summed E-state index contributed by atoms with van der Waals surface area (Å²) in [6, 6.07) is 0. The second-order valence-corrected chi connectivity index (χ2v) is 3.54. The van der Waals surface area contributed by atoms with Crippen molar-refractivity contribution in [3.8, 4) is 0 Å². The van der Waals surface area contributed by atoms with Gasteiger partial charge in [0.15, 0.2) is 5.82 Å². The van der Waals surface area contributed by atoms with Crippen LogP contribution in [0.4, 0.5) is 0 Å². The zero-order valence-electron chi connectivity index (χ0n) is 8.07. The second-order valence-electron chi connectivity index (χ2n) is 3.54. The third kappa shape index (κ3) is 2.10. The van der Waals surface area contributed by atoms with Gasteiger partial charge in [0.2, 0.25) is 5.89 Å². The number of aliphatic hydroxyl groups is 1. The summed E-state index contributed by atoms with van der Waals surface area (Å²) in [4.78, 5) is 4.26. The van der Waals surface area contributed by atoms with E-state index in [0.29, 0.717) is 18.2 Å². The van der Waals surface area contributed by atoms with Crippen molar-refractivity contribution in [2.75, 3.05) is 19.7 Å². The summed E-state index contributed by atoms with van der Waals surface area (Å²) in [5.41, 5.74) is 0. The van der Waals surface area contributed by atoms with Gasteiger partial charge < -0.3 is 14.9 Å². The van der Waals surface area contributed by atoms with Crippen molar-refractivity contribution in [2.45, 2.75) is 25.2 Å². The van der Waals surface area contributed by atoms with E-state index in [1.165, 1.54) is 0 Å². The SMILES string of the molecule is OCCc1nc(C2CCNCC2)no1. The number of nitrogens with one attached hydrogen (secondary N) is 1. The molecule has 0 radical (unpaired) electrons. The fourth-order valence-corrected chi connectivity index (χ4v) is 1.71. The average Bonchev–Trinajstić information content (AvgIpc) is 2.68. The Bertz CT molecular complexity index is 281. The lowest BCUT2D eigenvalue weighted by Crippen LogP contribution is -2.27. The summed E-state index contributed by atoms with van der Waals surface area (Å²) in [5, 5.41) is 15.9. The highest BCUT2D eigenvalue weighted by Gasteiger charge is 2.20. The molecule has 78 valence electrons. The van der Waals surface area contributed by atoms with E-state index in [4.69, 9.17) is 9.63 Å². The van der Waals surface area contributed by atoms with Crippen molar-refractivity contribution in [1.82, 2.24) is 15.5 Å². The van der Waals surface area contributed by atoms with Crippen molar-refractivity contribution in [3.05, 3.63) is 11.7 Å². The molecule has 1 aliphatic rings. The standard InChI is InChI=1S/C9H15N3O2/c13-6-3-8-11-9(12-14-8)7-1-4-10-5-2-7/h7,10,13H,1-6H2. The van der Waals surface area contributed by atoms with Gasteiger partial charge in [0, 0.05) is 5.92 Å². The smallest absolute Gasteiger partial charge is 0.228 e. The summed E-state index contributed by atoms with van der Waals surface area (Å²) in [6.07, 6.45) is 2.59. The van der Waals surface area contributed by atoms with Crippen LogP contribution < -0.4 is 5.32 Å². The lowest BCUT2D eigenvalue weighted by molar-refractivity contribution is 0.273. The number of hydrogen-bond acceptors (Lipinski definition) is 5. The van der Waals surface area contributed by atoms with Crippen molar-refractivity contribution in [2.24, 2.45) is 0 Å². The van der Waals surface area contributed by atoms with Crippen LogP contribution in [0.1, 0.15) is 30.5 Å². The van der Waals surface area contributed by atoms with Crippen molar-refractivity contribution in [3.63, 3.8) is 0 Å². The van der Waals surface area contributed by atoms with Gasteiger partial charge in [-0.25, -0.2) is 0 Å². The summed E-state index contributed by atoms with van der Waals surface area (Å²) in [5.74, 6) is 1.77. The van der Waals surface area contributed by atoms with E-state index >= 15 is 0 Å². The van der Waals surface area contributed by atoms with Crippen LogP contribution in [0.25, 0.3) is 0 Å². The zero-order chi connectivity index (χ0) is 9.80. The second kappa shape index (κ2) is 4.52. The summed E-state index contributed by atoms with van der Waals surface area (Å²) in [6.45, 7) is 2.11. The largest absolute Gasteiger partial charge is 0.396 e. The molecule has 0 aliphatic carbocycles. The molecular formula is C9H15N3O2. The van der Waals surface area contributed by atoms with Crippen LogP contribution in [-0.2, 0) is 6.42 Å². The van der Waals surface area contributed by atoms with Crippen LogP contribution in [0, 0.1) is 0 Å². The third-order valence-electron chi connectivity index (χ3n) is 2.51. The lowest BCUT2D eigenvalue weighted by atomic mass is 9.98. The molecule has 1 aliphatic heterocycles. The minimum absolute atomic E-state index is 0.0633. The molecular weight excluding hydrogens is 182 g/mol. The number of aromatic nitrogens is 2. The van der Waals surface area contributed by atoms with E-state index in [0.717, 1.165) is 31.8 Å². The highest BCUT2D eigenvalue weighted by molar-refractivity contribution is 4.97. The minimum atomic E-state index is 0.0633. The molecule has 0 spiro atoms. The number of piperidine rings is 1. The van der Waals surface area contributed by atoms with E-state index in [-0.39, 0.29) is 6.61 Å². The monoisotopic (exact) mass is 197 g/mol. The van der Waals surface area contributed by atoms with E-state index < -0.39 is 0 Å². The van der Waals surface area contributed by atoms with Crippen molar-refractivity contribution < 1.29 is 9.63 Å². The van der Waals surface area contributed by atoms with Crippen LogP contribution in [0.5, 0.6) is 0 Å². The van der Waals surface area contributed by atoms with Crippen LogP contribution in [-0.4, -0.2) is 34.9 Å². The van der Waals surface area contributed by atoms with Crippen LogP contribution >= 0.6 is 0 Å². The van der Waals surface area contributed by atoms with Crippen LogP contribution in [0.3, 0.4) is 0 Å². The first-order valence-electron chi connectivity index (χ1n) is 5.04. The summed E-state index contributed by atoms with van der Waals surface area (Å²) >= 11 is 0. The molecule has 2 N–H and O–H groups in total. The quantitative estimate of drug-likeness (QED) is 0.717. The Morgan fingerprint density at radius 3 is 2.93 bits per heavy atom. The Labute approximate surface area is 82.5 Å². The van der Waals surface area contributed by atoms with E-state index in [2.05, 4.69) is 15.5 Å². The predicted octanol–water partition coefficient (Wildman–Crippen LogP) is 0.0714. The van der Waals surface area contributed by atoms with Crippen LogP contribution in [0.15, 0.2) is 4.52 Å². The molecule has 14 heavy (non-hydrogen) atoms. The first-order valence-corrected chi connectivity index (χ1v) is 5.04. The molecule has 0 aromatic carbocycles. The molecule has 1 fully saturated rings. The van der Waals surface area contributed by atoms with Gasteiger partial charge in [0.1, 0.15) is 0 Å². The lowest BCUT2D eigenvalue weighted by Gasteiger charge is -2.18. The number of rotatable bonds is 3. The summed E-state index contributed by atoms with van der Waals surface area (Å²) < 4.78 is 5.02. The topological polar surface area (TPSA) is 71.2 Å². The molecule has 0 unspecified atom stereocenters. The minimum Gasteiger partial charge on any atom is -0.396 e. The third-order valence-corrected chi connectivity index (χ3v) is 2.51. The maximum Gasteiger partial charge on any atom is 0.228 e. The predicted molar refractivity (Wildman–Crippen MR) is 49.9 cm³/mol. The normalized spacial score (nSPS) is 18.6. The maximum atomic E-state index is 8.70. The summed E-state index contributed by atoms with van der Waals surface area (Å²) in [7, 11) is 0. The highest BCUT2D eigenvalue weighted by atomic mass is 16.5. The molecule has 0 saturated carbocycles. The van der Waals surface area contributed by atoms with Crippen LogP contribution in [0.2, 0.25) is 0 Å². The zero-order valence-corrected chi connectivity index (χ0v) is 8.07. The first-order chi connectivity index (χ1) is 6.90. The Morgan fingerprint density at radius 2 is 2.21 bits per heavy atom. The Kier molecular flexibility index (Phi) is 3.10. The molecule has 1 saturated heterocycles. The van der Waals surface area contributed by atoms with Gasteiger partial charge in [-0.15, -0.1) is 0 Å². The van der Waals surface area contributed by atoms with Crippen molar-refractivity contribution >= 4 is 0 Å². The number of nitrogens with zero attached hydrogens (tertiary/aromatic N) is 2. The van der Waals surface area contributed by atoms with E-state index in [9.17, 15) is 0 Å². The molecule has 2 rings (SSSR count). The highest BCUT2D eigenvalue weighted by Crippen LogP contribution is 2.22. The van der Waals surface area contributed by atoms with Gasteiger partial charge in [-0.2, -0.15) is 4.98 Å². The first kappa shape index (κ1) is 9.61. The number of hydrogen-bond donors (Lipinski definition) is 2.